The Balaban J connectivity index is 2.09. The summed E-state index contributed by atoms with van der Waals surface area (Å²) in [6, 6.07) is 14.1. The highest BCUT2D eigenvalue weighted by Crippen LogP contribution is 2.23. The van der Waals surface area contributed by atoms with Crippen molar-refractivity contribution >= 4 is 5.69 Å². The maximum atomic E-state index is 4.65. The van der Waals surface area contributed by atoms with Crippen LogP contribution in [-0.2, 0) is 0 Å². The van der Waals surface area contributed by atoms with E-state index in [9.17, 15) is 0 Å². The Hall–Kier alpha value is -2.62. The van der Waals surface area contributed by atoms with E-state index in [-0.39, 0.29) is 0 Å². The van der Waals surface area contributed by atoms with Gasteiger partial charge in [-0.05, 0) is 37.3 Å². The first kappa shape index (κ1) is 12.4. The first-order chi connectivity index (χ1) is 9.76. The van der Waals surface area contributed by atoms with Crippen LogP contribution in [0.1, 0.15) is 5.69 Å². The fraction of sp³-hybridized carbons (Fsp3) is 0.125. The van der Waals surface area contributed by atoms with Gasteiger partial charge in [0.05, 0.1) is 11.4 Å². The summed E-state index contributed by atoms with van der Waals surface area (Å²) in [5.74, 6) is 0.742. The van der Waals surface area contributed by atoms with Crippen LogP contribution in [-0.4, -0.2) is 22.0 Å². The van der Waals surface area contributed by atoms with Crippen LogP contribution in [0.25, 0.3) is 22.8 Å². The number of rotatable bonds is 3. The first-order valence-corrected chi connectivity index (χ1v) is 6.54. The molecular weight excluding hydrogens is 248 g/mol. The third-order valence-corrected chi connectivity index (χ3v) is 3.14. The molecule has 2 N–H and O–H groups in total. The zero-order chi connectivity index (χ0) is 13.9. The summed E-state index contributed by atoms with van der Waals surface area (Å²) in [5, 5.41) is 3.13. The highest BCUT2D eigenvalue weighted by molar-refractivity contribution is 5.65. The number of nitrogens with zero attached hydrogens (tertiary/aromatic N) is 2. The Morgan fingerprint density at radius 2 is 1.95 bits per heavy atom. The topological polar surface area (TPSA) is 53.6 Å². The molecule has 0 spiro atoms. The molecule has 0 atom stereocenters. The number of hydrogen-bond acceptors (Lipinski definition) is 3. The smallest absolute Gasteiger partial charge is 0.160 e. The molecule has 0 aliphatic carbocycles. The highest BCUT2D eigenvalue weighted by atomic mass is 14.9. The van der Waals surface area contributed by atoms with Crippen LogP contribution in [0.4, 0.5) is 5.69 Å². The number of anilines is 1. The lowest BCUT2D eigenvalue weighted by atomic mass is 10.1. The summed E-state index contributed by atoms with van der Waals surface area (Å²) >= 11 is 0. The molecule has 4 nitrogen and oxygen atoms in total. The summed E-state index contributed by atoms with van der Waals surface area (Å²) in [7, 11) is 1.90. The van der Waals surface area contributed by atoms with E-state index in [4.69, 9.17) is 0 Å². The average molecular weight is 264 g/mol. The van der Waals surface area contributed by atoms with Gasteiger partial charge >= 0.3 is 0 Å². The first-order valence-electron chi connectivity index (χ1n) is 6.54. The van der Waals surface area contributed by atoms with Gasteiger partial charge in [-0.3, -0.25) is 0 Å². The molecule has 2 heterocycles. The average Bonchev–Trinajstić information content (AvgIpc) is 3.01. The number of benzene rings is 1. The van der Waals surface area contributed by atoms with E-state index < -0.39 is 0 Å². The molecule has 1 aromatic carbocycles. The summed E-state index contributed by atoms with van der Waals surface area (Å²) in [6.07, 6.45) is 1.90. The minimum absolute atomic E-state index is 0.742. The molecule has 0 amide bonds. The van der Waals surface area contributed by atoms with Crippen molar-refractivity contribution in [3.05, 3.63) is 54.4 Å². The normalized spacial score (nSPS) is 10.5. The number of aromatic amines is 1. The molecule has 3 aromatic rings. The van der Waals surface area contributed by atoms with Gasteiger partial charge in [0, 0.05) is 30.2 Å². The van der Waals surface area contributed by atoms with E-state index >= 15 is 0 Å². The Morgan fingerprint density at radius 1 is 1.05 bits per heavy atom. The van der Waals surface area contributed by atoms with E-state index in [2.05, 4.69) is 20.3 Å². The van der Waals surface area contributed by atoms with E-state index in [1.165, 1.54) is 0 Å². The van der Waals surface area contributed by atoms with Gasteiger partial charge in [-0.25, -0.2) is 9.97 Å². The molecule has 100 valence electrons. The van der Waals surface area contributed by atoms with Crippen molar-refractivity contribution in [2.45, 2.75) is 6.92 Å². The molecule has 0 unspecified atom stereocenters. The molecule has 0 aliphatic rings. The van der Waals surface area contributed by atoms with Crippen LogP contribution in [0.2, 0.25) is 0 Å². The number of H-pyrrole nitrogens is 1. The standard InChI is InChI=1S/C16H16N4/c1-11-9-15(14-7-4-8-18-14)20-16(19-11)12-5-3-6-13(10-12)17-2/h3-10,17-18H,1-2H3. The van der Waals surface area contributed by atoms with Gasteiger partial charge in [-0.1, -0.05) is 12.1 Å². The summed E-state index contributed by atoms with van der Waals surface area (Å²) in [5.41, 5.74) is 4.92. The summed E-state index contributed by atoms with van der Waals surface area (Å²) < 4.78 is 0. The van der Waals surface area contributed by atoms with Crippen molar-refractivity contribution in [1.29, 1.82) is 0 Å². The van der Waals surface area contributed by atoms with Crippen LogP contribution >= 0.6 is 0 Å². The largest absolute Gasteiger partial charge is 0.388 e. The monoisotopic (exact) mass is 264 g/mol. The third kappa shape index (κ3) is 2.40. The Kier molecular flexibility index (Phi) is 3.21. The quantitative estimate of drug-likeness (QED) is 0.761. The summed E-state index contributed by atoms with van der Waals surface area (Å²) in [6.45, 7) is 1.99. The molecule has 0 radical (unpaired) electrons. The van der Waals surface area contributed by atoms with Gasteiger partial charge in [-0.15, -0.1) is 0 Å². The second-order valence-electron chi connectivity index (χ2n) is 4.63. The molecule has 0 bridgehead atoms. The molecule has 0 saturated carbocycles. The number of aromatic nitrogens is 3. The third-order valence-electron chi connectivity index (χ3n) is 3.14. The maximum absolute atomic E-state index is 4.65. The van der Waals surface area contributed by atoms with Crippen molar-refractivity contribution in [2.24, 2.45) is 0 Å². The fourth-order valence-corrected chi connectivity index (χ4v) is 2.14. The van der Waals surface area contributed by atoms with E-state index in [0.29, 0.717) is 0 Å². The lowest BCUT2D eigenvalue weighted by molar-refractivity contribution is 1.11. The predicted octanol–water partition coefficient (Wildman–Crippen LogP) is 3.49. The molecule has 3 rings (SSSR count). The van der Waals surface area contributed by atoms with Crippen molar-refractivity contribution in [3.8, 4) is 22.8 Å². The fourth-order valence-electron chi connectivity index (χ4n) is 2.14. The Labute approximate surface area is 117 Å². The molecule has 2 aromatic heterocycles. The van der Waals surface area contributed by atoms with Gasteiger partial charge in [0.25, 0.3) is 0 Å². The Morgan fingerprint density at radius 3 is 2.70 bits per heavy atom. The molecule has 0 fully saturated rings. The number of aryl methyl sites for hydroxylation is 1. The highest BCUT2D eigenvalue weighted by Gasteiger charge is 2.07. The van der Waals surface area contributed by atoms with Crippen LogP contribution in [0.15, 0.2) is 48.7 Å². The SMILES string of the molecule is CNc1cccc(-c2nc(C)cc(-c3ccc[nH]3)n2)c1. The zero-order valence-corrected chi connectivity index (χ0v) is 11.5. The minimum Gasteiger partial charge on any atom is -0.388 e. The van der Waals surface area contributed by atoms with Crippen LogP contribution < -0.4 is 5.32 Å². The van der Waals surface area contributed by atoms with Crippen LogP contribution in [0.3, 0.4) is 0 Å². The van der Waals surface area contributed by atoms with Gasteiger partial charge in [-0.2, -0.15) is 0 Å². The molecule has 0 aliphatic heterocycles. The van der Waals surface area contributed by atoms with Crippen molar-refractivity contribution in [1.82, 2.24) is 15.0 Å². The molecule has 0 saturated heterocycles. The molecule has 20 heavy (non-hydrogen) atoms. The van der Waals surface area contributed by atoms with Crippen LogP contribution in [0, 0.1) is 6.92 Å². The van der Waals surface area contributed by atoms with Gasteiger partial charge in [0.2, 0.25) is 0 Å². The maximum Gasteiger partial charge on any atom is 0.160 e. The number of hydrogen-bond donors (Lipinski definition) is 2. The predicted molar refractivity (Wildman–Crippen MR) is 81.5 cm³/mol. The van der Waals surface area contributed by atoms with Gasteiger partial charge in [0.15, 0.2) is 5.82 Å². The van der Waals surface area contributed by atoms with Crippen molar-refractivity contribution in [3.63, 3.8) is 0 Å². The van der Waals surface area contributed by atoms with Crippen molar-refractivity contribution < 1.29 is 0 Å². The van der Waals surface area contributed by atoms with E-state index in [1.807, 2.05) is 62.6 Å². The minimum atomic E-state index is 0.742. The Bertz CT molecular complexity index is 717. The zero-order valence-electron chi connectivity index (χ0n) is 11.5. The number of nitrogens with one attached hydrogen (secondary N) is 2. The van der Waals surface area contributed by atoms with Gasteiger partial charge in [0.1, 0.15) is 0 Å². The summed E-state index contributed by atoms with van der Waals surface area (Å²) in [4.78, 5) is 12.4. The van der Waals surface area contributed by atoms with Crippen LogP contribution in [0.5, 0.6) is 0 Å². The molecular formula is C16H16N4. The molecule has 4 heteroatoms. The lowest BCUT2D eigenvalue weighted by Gasteiger charge is -2.07. The van der Waals surface area contributed by atoms with E-state index in [0.717, 1.165) is 34.2 Å². The lowest BCUT2D eigenvalue weighted by Crippen LogP contribution is -1.96. The second kappa shape index (κ2) is 5.17. The van der Waals surface area contributed by atoms with E-state index in [1.54, 1.807) is 0 Å². The second-order valence-corrected chi connectivity index (χ2v) is 4.63. The van der Waals surface area contributed by atoms with Gasteiger partial charge < -0.3 is 10.3 Å². The van der Waals surface area contributed by atoms with Crippen molar-refractivity contribution in [2.75, 3.05) is 12.4 Å².